The summed E-state index contributed by atoms with van der Waals surface area (Å²) in [5.74, 6) is -0.921. The van der Waals surface area contributed by atoms with Gasteiger partial charge in [-0.05, 0) is 40.2 Å². The van der Waals surface area contributed by atoms with E-state index in [1.54, 1.807) is 12.1 Å². The molecule has 102 valence electrons. The summed E-state index contributed by atoms with van der Waals surface area (Å²) in [7, 11) is 0. The second kappa shape index (κ2) is 4.68. The Morgan fingerprint density at radius 2 is 2.05 bits per heavy atom. The minimum Gasteiger partial charge on any atom is -0.408 e. The number of halogens is 2. The molecule has 0 amide bonds. The fourth-order valence-electron chi connectivity index (χ4n) is 1.86. The third-order valence-electron chi connectivity index (χ3n) is 2.79. The van der Waals surface area contributed by atoms with E-state index in [4.69, 9.17) is 10.2 Å². The molecular weight excluding hydrogens is 329 g/mol. The summed E-state index contributed by atoms with van der Waals surface area (Å²) in [6.07, 6.45) is 0. The lowest BCUT2D eigenvalue weighted by Gasteiger charge is -2.11. The van der Waals surface area contributed by atoms with Gasteiger partial charge in [0, 0.05) is 10.5 Å². The SMILES string of the molecule is Nc1cc2oc(=O)[nH]c2cc1Nc1cc(F)ccc1Br. The summed E-state index contributed by atoms with van der Waals surface area (Å²) in [5.41, 5.74) is 8.23. The predicted octanol–water partition coefficient (Wildman–Crippen LogP) is 3.35. The van der Waals surface area contributed by atoms with Gasteiger partial charge in [-0.3, -0.25) is 4.98 Å². The fourth-order valence-corrected chi connectivity index (χ4v) is 2.21. The highest BCUT2D eigenvalue weighted by Crippen LogP contribution is 2.31. The standard InChI is InChI=1S/C13H9BrFN3O2/c14-7-2-1-6(15)3-9(7)17-10-5-11-12(4-8(10)16)20-13(19)18-11/h1-5,17H,16H2,(H,18,19). The van der Waals surface area contributed by atoms with Crippen molar-refractivity contribution in [2.24, 2.45) is 0 Å². The van der Waals surface area contributed by atoms with Gasteiger partial charge in [-0.25, -0.2) is 9.18 Å². The number of rotatable bonds is 2. The maximum absolute atomic E-state index is 13.3. The fraction of sp³-hybridized carbons (Fsp3) is 0. The molecule has 0 saturated heterocycles. The Morgan fingerprint density at radius 3 is 2.85 bits per heavy atom. The number of anilines is 3. The zero-order valence-corrected chi connectivity index (χ0v) is 11.6. The molecule has 0 aliphatic rings. The van der Waals surface area contributed by atoms with Gasteiger partial charge in [0.15, 0.2) is 5.58 Å². The van der Waals surface area contributed by atoms with Gasteiger partial charge in [0.1, 0.15) is 5.82 Å². The van der Waals surface area contributed by atoms with Crippen molar-refractivity contribution in [3.8, 4) is 0 Å². The van der Waals surface area contributed by atoms with E-state index < -0.39 is 5.76 Å². The van der Waals surface area contributed by atoms with Crippen molar-refractivity contribution in [3.05, 3.63) is 51.2 Å². The van der Waals surface area contributed by atoms with Crippen molar-refractivity contribution in [1.82, 2.24) is 4.98 Å². The molecule has 3 rings (SSSR count). The van der Waals surface area contributed by atoms with Crippen molar-refractivity contribution < 1.29 is 8.81 Å². The number of nitrogens with one attached hydrogen (secondary N) is 2. The summed E-state index contributed by atoms with van der Waals surface area (Å²) in [5, 5.41) is 3.01. The average Bonchev–Trinajstić information content (AvgIpc) is 2.73. The smallest absolute Gasteiger partial charge is 0.408 e. The van der Waals surface area contributed by atoms with Crippen molar-refractivity contribution in [2.45, 2.75) is 0 Å². The number of aromatic nitrogens is 1. The molecule has 2 aromatic carbocycles. The number of fused-ring (bicyclic) bond motifs is 1. The zero-order chi connectivity index (χ0) is 14.3. The number of nitrogens with two attached hydrogens (primary N) is 1. The van der Waals surface area contributed by atoms with Gasteiger partial charge in [0.2, 0.25) is 0 Å². The van der Waals surface area contributed by atoms with Gasteiger partial charge in [0.05, 0.1) is 22.6 Å². The van der Waals surface area contributed by atoms with Crippen LogP contribution in [0.25, 0.3) is 11.1 Å². The van der Waals surface area contributed by atoms with E-state index in [0.29, 0.717) is 32.6 Å². The molecule has 7 heteroatoms. The van der Waals surface area contributed by atoms with Crippen molar-refractivity contribution in [3.63, 3.8) is 0 Å². The number of hydrogen-bond acceptors (Lipinski definition) is 4. The topological polar surface area (TPSA) is 84.0 Å². The Balaban J connectivity index is 2.07. The molecule has 0 aliphatic heterocycles. The first-order valence-electron chi connectivity index (χ1n) is 5.67. The highest BCUT2D eigenvalue weighted by molar-refractivity contribution is 9.10. The Morgan fingerprint density at radius 1 is 1.25 bits per heavy atom. The van der Waals surface area contributed by atoms with Crippen LogP contribution in [-0.4, -0.2) is 4.98 Å². The van der Waals surface area contributed by atoms with E-state index in [1.165, 1.54) is 18.2 Å². The van der Waals surface area contributed by atoms with Crippen LogP contribution in [0, 0.1) is 5.82 Å². The quantitative estimate of drug-likeness (QED) is 0.626. The number of aromatic amines is 1. The largest absolute Gasteiger partial charge is 0.417 e. The summed E-state index contributed by atoms with van der Waals surface area (Å²) >= 11 is 3.32. The maximum Gasteiger partial charge on any atom is 0.417 e. The number of benzene rings is 2. The summed E-state index contributed by atoms with van der Waals surface area (Å²) in [4.78, 5) is 13.7. The number of hydrogen-bond donors (Lipinski definition) is 3. The maximum atomic E-state index is 13.3. The Hall–Kier alpha value is -2.28. The molecule has 5 nitrogen and oxygen atoms in total. The molecule has 0 spiro atoms. The second-order valence-electron chi connectivity index (χ2n) is 4.20. The van der Waals surface area contributed by atoms with Gasteiger partial charge >= 0.3 is 5.76 Å². The summed E-state index contributed by atoms with van der Waals surface area (Å²) < 4.78 is 18.9. The normalized spacial score (nSPS) is 10.9. The minimum atomic E-state index is -0.552. The summed E-state index contributed by atoms with van der Waals surface area (Å²) in [6, 6.07) is 7.43. The van der Waals surface area contributed by atoms with Gasteiger partial charge < -0.3 is 15.5 Å². The molecule has 4 N–H and O–H groups in total. The molecule has 0 fully saturated rings. The first kappa shape index (κ1) is 12.7. The van der Waals surface area contributed by atoms with Crippen molar-refractivity contribution >= 4 is 44.1 Å². The highest BCUT2D eigenvalue weighted by Gasteiger charge is 2.09. The van der Waals surface area contributed by atoms with Crippen LogP contribution in [0.15, 0.2) is 44.0 Å². The number of nitrogen functional groups attached to an aromatic ring is 1. The van der Waals surface area contributed by atoms with Crippen LogP contribution in [0.3, 0.4) is 0 Å². The van der Waals surface area contributed by atoms with E-state index in [-0.39, 0.29) is 5.82 Å². The predicted molar refractivity (Wildman–Crippen MR) is 78.6 cm³/mol. The zero-order valence-electron chi connectivity index (χ0n) is 10.0. The van der Waals surface area contributed by atoms with Crippen LogP contribution in [0.2, 0.25) is 0 Å². The van der Waals surface area contributed by atoms with E-state index in [9.17, 15) is 9.18 Å². The van der Waals surface area contributed by atoms with Crippen molar-refractivity contribution in [1.29, 1.82) is 0 Å². The molecular formula is C13H9BrFN3O2. The molecule has 0 aliphatic carbocycles. The molecule has 0 saturated carbocycles. The van der Waals surface area contributed by atoms with Crippen LogP contribution < -0.4 is 16.8 Å². The van der Waals surface area contributed by atoms with E-state index in [1.807, 2.05) is 0 Å². The molecule has 0 unspecified atom stereocenters. The minimum absolute atomic E-state index is 0.368. The summed E-state index contributed by atoms with van der Waals surface area (Å²) in [6.45, 7) is 0. The van der Waals surface area contributed by atoms with Crippen molar-refractivity contribution in [2.75, 3.05) is 11.1 Å². The first-order valence-corrected chi connectivity index (χ1v) is 6.46. The van der Waals surface area contributed by atoms with Gasteiger partial charge in [-0.2, -0.15) is 0 Å². The number of H-pyrrole nitrogens is 1. The Bertz CT molecular complexity index is 856. The third-order valence-corrected chi connectivity index (χ3v) is 3.48. The lowest BCUT2D eigenvalue weighted by atomic mass is 10.2. The van der Waals surface area contributed by atoms with E-state index in [2.05, 4.69) is 26.2 Å². The molecule has 0 bridgehead atoms. The number of oxazole rings is 1. The van der Waals surface area contributed by atoms with Gasteiger partial charge in [0.25, 0.3) is 0 Å². The highest BCUT2D eigenvalue weighted by atomic mass is 79.9. The Kier molecular flexibility index (Phi) is 2.98. The van der Waals surface area contributed by atoms with Crippen LogP contribution in [-0.2, 0) is 0 Å². The molecule has 1 aromatic heterocycles. The molecule has 0 atom stereocenters. The van der Waals surface area contributed by atoms with Crippen LogP contribution >= 0.6 is 15.9 Å². The molecule has 0 radical (unpaired) electrons. The Labute approximate surface area is 120 Å². The second-order valence-corrected chi connectivity index (χ2v) is 5.05. The third kappa shape index (κ3) is 2.27. The van der Waals surface area contributed by atoms with Gasteiger partial charge in [-0.1, -0.05) is 0 Å². The van der Waals surface area contributed by atoms with E-state index in [0.717, 1.165) is 0 Å². The van der Waals surface area contributed by atoms with Crippen LogP contribution in [0.5, 0.6) is 0 Å². The van der Waals surface area contributed by atoms with Gasteiger partial charge in [-0.15, -0.1) is 0 Å². The van der Waals surface area contributed by atoms with Crippen LogP contribution in [0.1, 0.15) is 0 Å². The van der Waals surface area contributed by atoms with Crippen LogP contribution in [0.4, 0.5) is 21.5 Å². The molecule has 20 heavy (non-hydrogen) atoms. The molecule has 1 heterocycles. The first-order chi connectivity index (χ1) is 9.52. The lowest BCUT2D eigenvalue weighted by Crippen LogP contribution is -1.97. The van der Waals surface area contributed by atoms with E-state index >= 15 is 0 Å². The lowest BCUT2D eigenvalue weighted by molar-refractivity contribution is 0.555. The molecule has 3 aromatic rings. The average molecular weight is 338 g/mol. The monoisotopic (exact) mass is 337 g/mol.